The van der Waals surface area contributed by atoms with Gasteiger partial charge in [-0.05, 0) is 54.9 Å². The van der Waals surface area contributed by atoms with Crippen LogP contribution in [0, 0.1) is 0 Å². The van der Waals surface area contributed by atoms with Crippen LogP contribution in [0.3, 0.4) is 0 Å². The second-order valence-electron chi connectivity index (χ2n) is 8.00. The molecule has 0 aliphatic carbocycles. The van der Waals surface area contributed by atoms with Gasteiger partial charge in [-0.25, -0.2) is 4.98 Å². The number of imidazole rings is 1. The average Bonchev–Trinajstić information content (AvgIpc) is 3.17. The first-order valence-corrected chi connectivity index (χ1v) is 11.2. The van der Waals surface area contributed by atoms with Gasteiger partial charge in [0.05, 0.1) is 10.7 Å². The number of likely N-dealkylation sites (tertiary alicyclic amines) is 1. The molecule has 0 saturated carbocycles. The lowest BCUT2D eigenvalue weighted by Crippen LogP contribution is -2.31. The minimum atomic E-state index is -0.134. The first-order chi connectivity index (χ1) is 15.1. The summed E-state index contributed by atoms with van der Waals surface area (Å²) in [5, 5.41) is 3.60. The Kier molecular flexibility index (Phi) is 6.56. The van der Waals surface area contributed by atoms with E-state index >= 15 is 0 Å². The highest BCUT2D eigenvalue weighted by Crippen LogP contribution is 2.27. The first kappa shape index (κ1) is 21.4. The summed E-state index contributed by atoms with van der Waals surface area (Å²) in [5.74, 6) is 0.379. The van der Waals surface area contributed by atoms with E-state index in [1.54, 1.807) is 16.7 Å². The SMILES string of the molecule is CCc1nc2ccc(Cl)cn2c1C(=O)NCCc1ccc(C2CCN(C=O)CC2)cc1. The molecule has 2 amide bonds. The van der Waals surface area contributed by atoms with Crippen LogP contribution in [0.25, 0.3) is 5.65 Å². The van der Waals surface area contributed by atoms with Crippen molar-refractivity contribution in [3.63, 3.8) is 0 Å². The molecule has 0 radical (unpaired) electrons. The van der Waals surface area contributed by atoms with Gasteiger partial charge in [-0.2, -0.15) is 0 Å². The van der Waals surface area contributed by atoms with Crippen molar-refractivity contribution in [2.45, 2.75) is 38.5 Å². The van der Waals surface area contributed by atoms with Crippen LogP contribution in [0.1, 0.15) is 53.0 Å². The molecule has 162 valence electrons. The summed E-state index contributed by atoms with van der Waals surface area (Å²) >= 11 is 6.12. The van der Waals surface area contributed by atoms with Gasteiger partial charge < -0.3 is 10.2 Å². The van der Waals surface area contributed by atoms with Crippen LogP contribution in [0.15, 0.2) is 42.6 Å². The lowest BCUT2D eigenvalue weighted by atomic mass is 9.89. The molecule has 1 saturated heterocycles. The first-order valence-electron chi connectivity index (χ1n) is 10.8. The summed E-state index contributed by atoms with van der Waals surface area (Å²) in [6, 6.07) is 12.2. The number of pyridine rings is 1. The Labute approximate surface area is 187 Å². The van der Waals surface area contributed by atoms with Gasteiger partial charge in [-0.15, -0.1) is 0 Å². The van der Waals surface area contributed by atoms with E-state index in [4.69, 9.17) is 11.6 Å². The van der Waals surface area contributed by atoms with Crippen molar-refractivity contribution in [3.05, 3.63) is 70.1 Å². The van der Waals surface area contributed by atoms with E-state index < -0.39 is 0 Å². The molecule has 31 heavy (non-hydrogen) atoms. The lowest BCUT2D eigenvalue weighted by molar-refractivity contribution is -0.119. The minimum Gasteiger partial charge on any atom is -0.350 e. The fourth-order valence-electron chi connectivity index (χ4n) is 4.25. The Morgan fingerprint density at radius 3 is 2.61 bits per heavy atom. The van der Waals surface area contributed by atoms with Crippen LogP contribution >= 0.6 is 11.6 Å². The molecule has 1 aromatic carbocycles. The van der Waals surface area contributed by atoms with E-state index in [0.29, 0.717) is 29.6 Å². The highest BCUT2D eigenvalue weighted by Gasteiger charge is 2.20. The van der Waals surface area contributed by atoms with Crippen molar-refractivity contribution in [2.24, 2.45) is 0 Å². The molecule has 1 N–H and O–H groups in total. The number of piperidine rings is 1. The molecule has 1 aliphatic heterocycles. The highest BCUT2D eigenvalue weighted by atomic mass is 35.5. The molecule has 3 heterocycles. The van der Waals surface area contributed by atoms with Gasteiger partial charge in [0.15, 0.2) is 0 Å². The highest BCUT2D eigenvalue weighted by molar-refractivity contribution is 6.30. The summed E-state index contributed by atoms with van der Waals surface area (Å²) in [4.78, 5) is 30.1. The maximum atomic E-state index is 12.9. The number of carbonyl (C=O) groups excluding carboxylic acids is 2. The fraction of sp³-hybridized carbons (Fsp3) is 0.375. The van der Waals surface area contributed by atoms with Crippen molar-refractivity contribution >= 4 is 29.6 Å². The number of hydrogen-bond donors (Lipinski definition) is 1. The maximum Gasteiger partial charge on any atom is 0.270 e. The summed E-state index contributed by atoms with van der Waals surface area (Å²) in [6.07, 6.45) is 6.13. The number of fused-ring (bicyclic) bond motifs is 1. The van der Waals surface area contributed by atoms with Crippen LogP contribution in [-0.4, -0.2) is 46.2 Å². The molecule has 6 nitrogen and oxygen atoms in total. The van der Waals surface area contributed by atoms with Crippen LogP contribution in [0.4, 0.5) is 0 Å². The molecular weight excluding hydrogens is 412 g/mol. The van der Waals surface area contributed by atoms with E-state index in [0.717, 1.165) is 50.1 Å². The second kappa shape index (κ2) is 9.52. The van der Waals surface area contributed by atoms with Gasteiger partial charge in [0.1, 0.15) is 11.3 Å². The predicted molar refractivity (Wildman–Crippen MR) is 122 cm³/mol. The standard InChI is InChI=1S/C24H27ClN4O2/c1-2-21-23(29-15-20(25)7-8-22(29)27-21)24(31)26-12-9-17-3-5-18(6-4-17)19-10-13-28(16-30)14-11-19/h3-8,15-16,19H,2,9-14H2,1H3,(H,26,31). The van der Waals surface area contributed by atoms with E-state index in [9.17, 15) is 9.59 Å². The molecule has 0 unspecified atom stereocenters. The Balaban J connectivity index is 1.35. The number of rotatable bonds is 7. The Hall–Kier alpha value is -2.86. The molecule has 2 aromatic heterocycles. The van der Waals surface area contributed by atoms with Crippen LogP contribution in [-0.2, 0) is 17.6 Å². The maximum absolute atomic E-state index is 12.9. The summed E-state index contributed by atoms with van der Waals surface area (Å²) in [6.45, 7) is 4.20. The fourth-order valence-corrected chi connectivity index (χ4v) is 4.41. The zero-order valence-electron chi connectivity index (χ0n) is 17.7. The topological polar surface area (TPSA) is 66.7 Å². The van der Waals surface area contributed by atoms with E-state index in [-0.39, 0.29) is 5.91 Å². The van der Waals surface area contributed by atoms with Gasteiger partial charge in [0, 0.05) is 25.8 Å². The smallest absolute Gasteiger partial charge is 0.270 e. The predicted octanol–water partition coefficient (Wildman–Crippen LogP) is 3.86. The summed E-state index contributed by atoms with van der Waals surface area (Å²) in [7, 11) is 0. The zero-order chi connectivity index (χ0) is 21.8. The molecule has 3 aromatic rings. The number of amides is 2. The third kappa shape index (κ3) is 4.74. The molecule has 1 aliphatic rings. The number of nitrogens with zero attached hydrogens (tertiary/aromatic N) is 3. The number of hydrogen-bond acceptors (Lipinski definition) is 3. The second-order valence-corrected chi connectivity index (χ2v) is 8.44. The Bertz CT molecular complexity index is 1070. The minimum absolute atomic E-state index is 0.134. The Morgan fingerprint density at radius 2 is 1.94 bits per heavy atom. The molecule has 0 atom stereocenters. The third-order valence-electron chi connectivity index (χ3n) is 6.03. The number of aromatic nitrogens is 2. The average molecular weight is 439 g/mol. The number of benzene rings is 1. The Morgan fingerprint density at radius 1 is 1.19 bits per heavy atom. The van der Waals surface area contributed by atoms with E-state index in [1.165, 1.54) is 11.1 Å². The zero-order valence-corrected chi connectivity index (χ0v) is 18.4. The summed E-state index contributed by atoms with van der Waals surface area (Å²) < 4.78 is 1.77. The monoisotopic (exact) mass is 438 g/mol. The summed E-state index contributed by atoms with van der Waals surface area (Å²) in [5.41, 5.74) is 4.56. The molecule has 0 bridgehead atoms. The van der Waals surface area contributed by atoms with Crippen molar-refractivity contribution < 1.29 is 9.59 Å². The van der Waals surface area contributed by atoms with Crippen molar-refractivity contribution in [3.8, 4) is 0 Å². The molecule has 0 spiro atoms. The number of aryl methyl sites for hydroxylation is 1. The van der Waals surface area contributed by atoms with Crippen LogP contribution in [0.2, 0.25) is 5.02 Å². The van der Waals surface area contributed by atoms with Crippen molar-refractivity contribution in [2.75, 3.05) is 19.6 Å². The number of halogens is 1. The number of nitrogens with one attached hydrogen (secondary N) is 1. The quantitative estimate of drug-likeness (QED) is 0.569. The molecule has 4 rings (SSSR count). The molecule has 1 fully saturated rings. The van der Waals surface area contributed by atoms with Crippen LogP contribution < -0.4 is 5.32 Å². The normalized spacial score (nSPS) is 14.7. The largest absolute Gasteiger partial charge is 0.350 e. The number of carbonyl (C=O) groups is 2. The van der Waals surface area contributed by atoms with Crippen molar-refractivity contribution in [1.82, 2.24) is 19.6 Å². The van der Waals surface area contributed by atoms with E-state index in [1.807, 2.05) is 17.9 Å². The van der Waals surface area contributed by atoms with Gasteiger partial charge in [0.2, 0.25) is 6.41 Å². The lowest BCUT2D eigenvalue weighted by Gasteiger charge is -2.29. The van der Waals surface area contributed by atoms with Crippen LogP contribution in [0.5, 0.6) is 0 Å². The van der Waals surface area contributed by atoms with Gasteiger partial charge in [-0.1, -0.05) is 42.8 Å². The van der Waals surface area contributed by atoms with Gasteiger partial charge in [-0.3, -0.25) is 14.0 Å². The third-order valence-corrected chi connectivity index (χ3v) is 6.26. The molecular formula is C24H27ClN4O2. The molecule has 7 heteroatoms. The van der Waals surface area contributed by atoms with Gasteiger partial charge >= 0.3 is 0 Å². The van der Waals surface area contributed by atoms with Gasteiger partial charge in [0.25, 0.3) is 5.91 Å². The van der Waals surface area contributed by atoms with Crippen molar-refractivity contribution in [1.29, 1.82) is 0 Å². The van der Waals surface area contributed by atoms with E-state index in [2.05, 4.69) is 34.6 Å².